The van der Waals surface area contributed by atoms with Gasteiger partial charge >= 0.3 is 0 Å². The highest BCUT2D eigenvalue weighted by Crippen LogP contribution is 2.25. The Labute approximate surface area is 124 Å². The van der Waals surface area contributed by atoms with E-state index in [0.717, 1.165) is 11.6 Å². The van der Waals surface area contributed by atoms with E-state index in [1.165, 1.54) is 23.1 Å². The van der Waals surface area contributed by atoms with E-state index in [0.29, 0.717) is 10.7 Å². The van der Waals surface area contributed by atoms with Crippen molar-refractivity contribution in [3.63, 3.8) is 0 Å². The van der Waals surface area contributed by atoms with Crippen LogP contribution in [-0.4, -0.2) is 4.74 Å². The summed E-state index contributed by atoms with van der Waals surface area (Å²) in [6.07, 6.45) is 4.85. The van der Waals surface area contributed by atoms with Gasteiger partial charge in [0, 0.05) is 16.7 Å². The van der Waals surface area contributed by atoms with E-state index in [2.05, 4.69) is 0 Å². The SMILES string of the molecule is Fc1ccc(/C(=C\c2ccc(Cl)cc2)n2cco2)c(F)c1. The Hall–Kier alpha value is -2.33. The minimum Gasteiger partial charge on any atom is -0.381 e. The van der Waals surface area contributed by atoms with Gasteiger partial charge in [-0.05, 0) is 35.9 Å². The molecule has 0 N–H and O–H groups in total. The molecule has 106 valence electrons. The molecule has 0 fully saturated rings. The number of halogens is 3. The molecule has 0 amide bonds. The van der Waals surface area contributed by atoms with Crippen LogP contribution in [0.15, 0.2) is 59.4 Å². The van der Waals surface area contributed by atoms with Gasteiger partial charge in [-0.3, -0.25) is 0 Å². The molecule has 0 aliphatic rings. The zero-order chi connectivity index (χ0) is 14.8. The topological polar surface area (TPSA) is 18.1 Å². The first-order valence-corrected chi connectivity index (χ1v) is 6.57. The van der Waals surface area contributed by atoms with Gasteiger partial charge in [-0.2, -0.15) is 4.74 Å². The van der Waals surface area contributed by atoms with Crippen molar-refractivity contribution in [3.8, 4) is 0 Å². The van der Waals surface area contributed by atoms with Crippen LogP contribution in [0.4, 0.5) is 8.78 Å². The second kappa shape index (κ2) is 5.58. The highest BCUT2D eigenvalue weighted by molar-refractivity contribution is 6.30. The molecule has 0 saturated heterocycles. The summed E-state index contributed by atoms with van der Waals surface area (Å²) in [5.74, 6) is -1.28. The number of hydrogen-bond acceptors (Lipinski definition) is 1. The van der Waals surface area contributed by atoms with E-state index in [4.69, 9.17) is 16.1 Å². The Morgan fingerprint density at radius 1 is 1.10 bits per heavy atom. The van der Waals surface area contributed by atoms with E-state index in [1.807, 2.05) is 0 Å². The zero-order valence-corrected chi connectivity index (χ0v) is 11.5. The van der Waals surface area contributed by atoms with E-state index >= 15 is 0 Å². The molecule has 1 aromatic heterocycles. The Bertz CT molecular complexity index is 778. The fourth-order valence-electron chi connectivity index (χ4n) is 1.93. The summed E-state index contributed by atoms with van der Waals surface area (Å²) >= 11 is 5.84. The van der Waals surface area contributed by atoms with Crippen LogP contribution in [0.3, 0.4) is 0 Å². The van der Waals surface area contributed by atoms with Crippen LogP contribution in [0.2, 0.25) is 5.02 Å². The van der Waals surface area contributed by atoms with Crippen LogP contribution in [0, 0.1) is 11.6 Å². The van der Waals surface area contributed by atoms with Crippen molar-refractivity contribution >= 4 is 23.4 Å². The first-order valence-electron chi connectivity index (χ1n) is 6.19. The highest BCUT2D eigenvalue weighted by Gasteiger charge is 2.13. The predicted octanol–water partition coefficient (Wildman–Crippen LogP) is 5.06. The molecule has 0 unspecified atom stereocenters. The van der Waals surface area contributed by atoms with Crippen LogP contribution < -0.4 is 0 Å². The lowest BCUT2D eigenvalue weighted by Gasteiger charge is -2.13. The molecular weight excluding hydrogens is 296 g/mol. The molecule has 0 aliphatic carbocycles. The smallest absolute Gasteiger partial charge is 0.139 e. The average molecular weight is 306 g/mol. The summed E-state index contributed by atoms with van der Waals surface area (Å²) in [6.45, 7) is 0. The molecular formula is C16H10ClF2NO. The lowest BCUT2D eigenvalue weighted by atomic mass is 10.1. The monoisotopic (exact) mass is 305 g/mol. The Balaban J connectivity index is 2.09. The molecule has 21 heavy (non-hydrogen) atoms. The van der Waals surface area contributed by atoms with Gasteiger partial charge in [0.15, 0.2) is 0 Å². The molecule has 1 heterocycles. The van der Waals surface area contributed by atoms with Crippen molar-refractivity contribution in [2.24, 2.45) is 0 Å². The van der Waals surface area contributed by atoms with E-state index in [9.17, 15) is 8.78 Å². The van der Waals surface area contributed by atoms with Crippen LogP contribution in [-0.2, 0) is 0 Å². The maximum Gasteiger partial charge on any atom is 0.139 e. The quantitative estimate of drug-likeness (QED) is 0.619. The molecule has 0 saturated carbocycles. The van der Waals surface area contributed by atoms with Crippen LogP contribution >= 0.6 is 11.6 Å². The van der Waals surface area contributed by atoms with Crippen LogP contribution in [0.25, 0.3) is 11.8 Å². The van der Waals surface area contributed by atoms with Gasteiger partial charge in [0.2, 0.25) is 0 Å². The van der Waals surface area contributed by atoms with Crippen molar-refractivity contribution in [1.29, 1.82) is 0 Å². The Morgan fingerprint density at radius 2 is 1.81 bits per heavy atom. The molecule has 0 bridgehead atoms. The minimum absolute atomic E-state index is 0.246. The van der Waals surface area contributed by atoms with Gasteiger partial charge in [-0.25, -0.2) is 8.78 Å². The third-order valence-corrected chi connectivity index (χ3v) is 3.24. The number of aromatic nitrogens is 1. The fraction of sp³-hybridized carbons (Fsp3) is 0. The summed E-state index contributed by atoms with van der Waals surface area (Å²) < 4.78 is 33.6. The van der Waals surface area contributed by atoms with Crippen molar-refractivity contribution in [2.45, 2.75) is 0 Å². The van der Waals surface area contributed by atoms with Gasteiger partial charge < -0.3 is 4.52 Å². The van der Waals surface area contributed by atoms with Crippen molar-refractivity contribution in [1.82, 2.24) is 4.74 Å². The van der Waals surface area contributed by atoms with E-state index in [-0.39, 0.29) is 5.56 Å². The standard InChI is InChI=1S/C16H10ClF2NO/c17-12-3-1-11(2-4-12)9-16(20-7-8-21-20)14-6-5-13(18)10-15(14)19/h1-10H/b16-9+. The lowest BCUT2D eigenvalue weighted by molar-refractivity contribution is 0.290. The number of rotatable bonds is 3. The highest BCUT2D eigenvalue weighted by atomic mass is 35.5. The summed E-state index contributed by atoms with van der Waals surface area (Å²) in [6, 6.07) is 10.5. The molecule has 3 rings (SSSR count). The second-order valence-electron chi connectivity index (χ2n) is 4.42. The largest absolute Gasteiger partial charge is 0.381 e. The fourth-order valence-corrected chi connectivity index (χ4v) is 2.06. The van der Waals surface area contributed by atoms with Gasteiger partial charge in [-0.15, -0.1) is 0 Å². The third-order valence-electron chi connectivity index (χ3n) is 2.99. The molecule has 0 atom stereocenters. The first kappa shape index (κ1) is 13.6. The van der Waals surface area contributed by atoms with Crippen molar-refractivity contribution in [3.05, 3.63) is 82.7 Å². The maximum atomic E-state index is 14.0. The summed E-state index contributed by atoms with van der Waals surface area (Å²) in [5.41, 5.74) is 1.54. The first-order chi connectivity index (χ1) is 10.1. The van der Waals surface area contributed by atoms with E-state index < -0.39 is 11.6 Å². The molecule has 0 radical (unpaired) electrons. The van der Waals surface area contributed by atoms with E-state index in [1.54, 1.807) is 36.5 Å². The summed E-state index contributed by atoms with van der Waals surface area (Å²) in [5, 5.41) is 0.613. The molecule has 5 heteroatoms. The van der Waals surface area contributed by atoms with Crippen molar-refractivity contribution < 1.29 is 13.3 Å². The number of hydrogen-bond donors (Lipinski definition) is 0. The summed E-state index contributed by atoms with van der Waals surface area (Å²) in [4.78, 5) is 0. The second-order valence-corrected chi connectivity index (χ2v) is 4.86. The molecule has 2 nitrogen and oxygen atoms in total. The van der Waals surface area contributed by atoms with Gasteiger partial charge in [0.05, 0.1) is 11.9 Å². The normalized spacial score (nSPS) is 11.9. The maximum absolute atomic E-state index is 14.0. The molecule has 0 aliphatic heterocycles. The number of benzene rings is 2. The summed E-state index contributed by atoms with van der Waals surface area (Å²) in [7, 11) is 0. The zero-order valence-electron chi connectivity index (χ0n) is 10.8. The third kappa shape index (κ3) is 2.90. The molecule has 2 aromatic carbocycles. The van der Waals surface area contributed by atoms with Crippen molar-refractivity contribution in [2.75, 3.05) is 0 Å². The van der Waals surface area contributed by atoms with Gasteiger partial charge in [-0.1, -0.05) is 23.7 Å². The molecule has 0 spiro atoms. The minimum atomic E-state index is -0.654. The van der Waals surface area contributed by atoms with Crippen LogP contribution in [0.5, 0.6) is 0 Å². The lowest BCUT2D eigenvalue weighted by Crippen LogP contribution is -2.03. The Kier molecular flexibility index (Phi) is 3.62. The Morgan fingerprint density at radius 3 is 2.38 bits per heavy atom. The predicted molar refractivity (Wildman–Crippen MR) is 77.8 cm³/mol. The van der Waals surface area contributed by atoms with Gasteiger partial charge in [0.1, 0.15) is 17.9 Å². The van der Waals surface area contributed by atoms with Crippen LogP contribution in [0.1, 0.15) is 11.1 Å². The number of nitrogens with zero attached hydrogens (tertiary/aromatic N) is 1. The van der Waals surface area contributed by atoms with Gasteiger partial charge in [0.25, 0.3) is 0 Å². The molecule has 3 aromatic rings. The average Bonchev–Trinajstić information content (AvgIpc) is 2.39.